The van der Waals surface area contributed by atoms with Crippen LogP contribution in [0.5, 0.6) is 0 Å². The number of aliphatic imine (C=N–C) groups is 1. The van der Waals surface area contributed by atoms with Crippen molar-refractivity contribution in [2.24, 2.45) is 12.0 Å². The van der Waals surface area contributed by atoms with Crippen LogP contribution in [0.4, 0.5) is 11.6 Å². The predicted molar refractivity (Wildman–Crippen MR) is 145 cm³/mol. The maximum atomic E-state index is 7.68. The predicted octanol–water partition coefficient (Wildman–Crippen LogP) is 2.97. The van der Waals surface area contributed by atoms with Crippen LogP contribution in [0.2, 0.25) is 0 Å². The van der Waals surface area contributed by atoms with Crippen molar-refractivity contribution in [3.63, 3.8) is 0 Å². The molecule has 37 heavy (non-hydrogen) atoms. The van der Waals surface area contributed by atoms with Gasteiger partial charge in [0.15, 0.2) is 0 Å². The Morgan fingerprint density at radius 3 is 2.78 bits per heavy atom. The Bertz CT molecular complexity index is 1430. The molecule has 0 saturated heterocycles. The van der Waals surface area contributed by atoms with Crippen LogP contribution < -0.4 is 5.32 Å². The zero-order valence-corrected chi connectivity index (χ0v) is 21.5. The summed E-state index contributed by atoms with van der Waals surface area (Å²) in [5.74, 6) is 0.281. The Hall–Kier alpha value is -4.25. The van der Waals surface area contributed by atoms with E-state index in [1.807, 2.05) is 61.2 Å². The zero-order valence-electron chi connectivity index (χ0n) is 21.5. The number of rotatable bonds is 9. The quantitative estimate of drug-likeness (QED) is 0.341. The molecule has 11 heteroatoms. The molecular weight excluding hydrogens is 466 g/mol. The van der Waals surface area contributed by atoms with E-state index in [4.69, 9.17) is 15.5 Å². The fourth-order valence-electron chi connectivity index (χ4n) is 4.54. The fourth-order valence-corrected chi connectivity index (χ4v) is 4.54. The topological polar surface area (TPSA) is 126 Å². The Kier molecular flexibility index (Phi) is 6.87. The van der Waals surface area contributed by atoms with E-state index in [1.54, 1.807) is 19.5 Å². The van der Waals surface area contributed by atoms with Gasteiger partial charge in [0.2, 0.25) is 5.95 Å². The molecule has 11 nitrogen and oxygen atoms in total. The molecule has 5 rings (SSSR count). The summed E-state index contributed by atoms with van der Waals surface area (Å²) in [6, 6.07) is 3.97. The molecule has 1 unspecified atom stereocenters. The van der Waals surface area contributed by atoms with Crippen LogP contribution in [0.3, 0.4) is 0 Å². The fraction of sp³-hybridized carbons (Fsp3) is 0.346. The summed E-state index contributed by atoms with van der Waals surface area (Å²) in [7, 11) is 7.74. The van der Waals surface area contributed by atoms with Crippen LogP contribution in [-0.4, -0.2) is 79.5 Å². The van der Waals surface area contributed by atoms with Gasteiger partial charge in [0.25, 0.3) is 0 Å². The highest BCUT2D eigenvalue weighted by Gasteiger charge is 2.27. The molecule has 2 N–H and O–H groups in total. The number of nitrogens with one attached hydrogen (secondary N) is 2. The summed E-state index contributed by atoms with van der Waals surface area (Å²) in [6.45, 7) is 1.72. The van der Waals surface area contributed by atoms with Crippen molar-refractivity contribution in [3.8, 4) is 22.5 Å². The lowest BCUT2D eigenvalue weighted by Gasteiger charge is -2.17. The van der Waals surface area contributed by atoms with Crippen LogP contribution in [0, 0.1) is 5.41 Å². The Balaban J connectivity index is 1.46. The molecule has 1 aliphatic carbocycles. The Morgan fingerprint density at radius 2 is 2.05 bits per heavy atom. The molecule has 0 aliphatic heterocycles. The molecule has 0 fully saturated rings. The molecule has 190 valence electrons. The van der Waals surface area contributed by atoms with Gasteiger partial charge in [0, 0.05) is 62.8 Å². The highest BCUT2D eigenvalue weighted by molar-refractivity contribution is 5.89. The number of anilines is 2. The lowest BCUT2D eigenvalue weighted by molar-refractivity contribution is 0.373. The van der Waals surface area contributed by atoms with Crippen LogP contribution in [-0.2, 0) is 26.4 Å². The minimum Gasteiger partial charge on any atom is -0.321 e. The molecule has 0 spiro atoms. The zero-order chi connectivity index (χ0) is 25.9. The first-order valence-electron chi connectivity index (χ1n) is 12.2. The third kappa shape index (κ3) is 5.03. The number of aromatic nitrogens is 7. The Labute approximate surface area is 215 Å². The molecule has 0 amide bonds. The lowest BCUT2D eigenvalue weighted by Crippen LogP contribution is -2.18. The molecule has 4 aromatic heterocycles. The second-order valence-corrected chi connectivity index (χ2v) is 9.35. The molecule has 4 aromatic rings. The molecule has 4 heterocycles. The standard InChI is InChI=1S/C26H31N11/c1-28-12-19(11-27)21-7-6-18(14-29-21)25-23-22(34-36(25)4)8-5-17-13-30-26(33-24(17)23)32-20-15-31-37(16-20)10-9-35(2)3/h6-7,11-16,19,27H,5,8-10H2,1-4H3,(H,30,32,33). The van der Waals surface area contributed by atoms with Crippen LogP contribution in [0.15, 0.2) is 41.9 Å². The highest BCUT2D eigenvalue weighted by Crippen LogP contribution is 2.39. The summed E-state index contributed by atoms with van der Waals surface area (Å²) < 4.78 is 3.81. The number of likely N-dealkylation sites (N-methyl/N-ethyl adjacent to an activating group) is 1. The second kappa shape index (κ2) is 10.4. The van der Waals surface area contributed by atoms with Crippen LogP contribution in [0.25, 0.3) is 22.5 Å². The third-order valence-electron chi connectivity index (χ3n) is 6.41. The maximum absolute atomic E-state index is 7.68. The molecular formula is C26H31N11. The molecule has 0 radical (unpaired) electrons. The van der Waals surface area contributed by atoms with Crippen molar-refractivity contribution in [1.29, 1.82) is 5.41 Å². The summed E-state index contributed by atoms with van der Waals surface area (Å²) in [4.78, 5) is 20.3. The summed E-state index contributed by atoms with van der Waals surface area (Å²) in [5, 5.41) is 20.2. The van der Waals surface area contributed by atoms with Gasteiger partial charge >= 0.3 is 0 Å². The smallest absolute Gasteiger partial charge is 0.227 e. The number of aryl methyl sites for hydroxylation is 3. The molecule has 1 aliphatic rings. The van der Waals surface area contributed by atoms with E-state index in [0.717, 1.165) is 71.1 Å². The van der Waals surface area contributed by atoms with E-state index < -0.39 is 0 Å². The van der Waals surface area contributed by atoms with Gasteiger partial charge in [-0.25, -0.2) is 9.97 Å². The van der Waals surface area contributed by atoms with E-state index in [2.05, 4.69) is 30.3 Å². The van der Waals surface area contributed by atoms with Crippen LogP contribution in [0.1, 0.15) is 22.9 Å². The van der Waals surface area contributed by atoms with Gasteiger partial charge in [-0.05, 0) is 44.6 Å². The third-order valence-corrected chi connectivity index (χ3v) is 6.41. The molecule has 0 aromatic carbocycles. The first-order chi connectivity index (χ1) is 18.0. The van der Waals surface area contributed by atoms with Crippen molar-refractivity contribution in [3.05, 3.63) is 53.9 Å². The van der Waals surface area contributed by atoms with E-state index in [1.165, 1.54) is 6.21 Å². The molecule has 0 saturated carbocycles. The highest BCUT2D eigenvalue weighted by atomic mass is 15.3. The van der Waals surface area contributed by atoms with Gasteiger partial charge in [-0.1, -0.05) is 0 Å². The first-order valence-corrected chi connectivity index (χ1v) is 12.2. The average Bonchev–Trinajstić information content (AvgIpc) is 3.49. The monoisotopic (exact) mass is 497 g/mol. The van der Waals surface area contributed by atoms with E-state index in [0.29, 0.717) is 5.95 Å². The van der Waals surface area contributed by atoms with Gasteiger partial charge < -0.3 is 15.6 Å². The van der Waals surface area contributed by atoms with Crippen molar-refractivity contribution in [1.82, 2.24) is 39.4 Å². The minimum absolute atomic E-state index is 0.242. The molecule has 1 atom stereocenters. The maximum Gasteiger partial charge on any atom is 0.227 e. The average molecular weight is 498 g/mol. The minimum atomic E-state index is -0.242. The van der Waals surface area contributed by atoms with Gasteiger partial charge in [-0.2, -0.15) is 10.2 Å². The number of hydrogen-bond acceptors (Lipinski definition) is 9. The van der Waals surface area contributed by atoms with Crippen molar-refractivity contribution >= 4 is 24.1 Å². The first kappa shape index (κ1) is 24.4. The Morgan fingerprint density at radius 1 is 1.19 bits per heavy atom. The number of pyridine rings is 1. The summed E-state index contributed by atoms with van der Waals surface area (Å²) >= 11 is 0. The van der Waals surface area contributed by atoms with Crippen molar-refractivity contribution in [2.75, 3.05) is 33.0 Å². The SMILES string of the molecule is CN=CC(C=N)c1ccc(-c2c3c(nn2C)CCc2cnc(Nc4cnn(CCN(C)C)c4)nc2-3)cn1. The van der Waals surface area contributed by atoms with Gasteiger partial charge in [-0.3, -0.25) is 19.3 Å². The summed E-state index contributed by atoms with van der Waals surface area (Å²) in [5.41, 5.74) is 7.56. The van der Waals surface area contributed by atoms with Gasteiger partial charge in [0.05, 0.1) is 47.1 Å². The number of hydrogen-bond donors (Lipinski definition) is 2. The van der Waals surface area contributed by atoms with Gasteiger partial charge in [-0.15, -0.1) is 0 Å². The largest absolute Gasteiger partial charge is 0.321 e. The normalized spacial score (nSPS) is 13.5. The molecule has 0 bridgehead atoms. The second-order valence-electron chi connectivity index (χ2n) is 9.35. The van der Waals surface area contributed by atoms with E-state index in [9.17, 15) is 0 Å². The number of fused-ring (bicyclic) bond motifs is 3. The van der Waals surface area contributed by atoms with E-state index in [-0.39, 0.29) is 5.92 Å². The van der Waals surface area contributed by atoms with Crippen molar-refractivity contribution in [2.45, 2.75) is 25.3 Å². The van der Waals surface area contributed by atoms with Crippen molar-refractivity contribution < 1.29 is 0 Å². The van der Waals surface area contributed by atoms with Crippen LogP contribution >= 0.6 is 0 Å². The summed E-state index contributed by atoms with van der Waals surface area (Å²) in [6.07, 6.45) is 12.2. The number of nitrogens with zero attached hydrogens (tertiary/aromatic N) is 9. The van der Waals surface area contributed by atoms with Gasteiger partial charge in [0.1, 0.15) is 0 Å². The van der Waals surface area contributed by atoms with E-state index >= 15 is 0 Å². The lowest BCUT2D eigenvalue weighted by atomic mass is 9.91.